The first kappa shape index (κ1) is 21.9. The molecule has 2 atom stereocenters. The first-order valence-electron chi connectivity index (χ1n) is 10.3. The molecule has 0 aliphatic carbocycles. The van der Waals surface area contributed by atoms with Gasteiger partial charge in [-0.25, -0.2) is 4.98 Å². The summed E-state index contributed by atoms with van der Waals surface area (Å²) in [4.78, 5) is 31.9. The molecule has 2 unspecified atom stereocenters. The summed E-state index contributed by atoms with van der Waals surface area (Å²) >= 11 is 0. The molecule has 2 amide bonds. The minimum atomic E-state index is -0.0919. The highest BCUT2D eigenvalue weighted by Crippen LogP contribution is 2.19. The van der Waals surface area contributed by atoms with Crippen LogP contribution in [0.1, 0.15) is 60.2 Å². The zero-order valence-corrected chi connectivity index (χ0v) is 18.0. The lowest BCUT2D eigenvalue weighted by molar-refractivity contribution is -0.136. The van der Waals surface area contributed by atoms with E-state index in [-0.39, 0.29) is 36.4 Å². The SMILES string of the molecule is CCC(C)N(C(=O)Cn1c(CNC(=O)C(C)C)nc2ccccc21)C(C)CC. The van der Waals surface area contributed by atoms with Crippen molar-refractivity contribution < 1.29 is 9.59 Å². The molecule has 28 heavy (non-hydrogen) atoms. The van der Waals surface area contributed by atoms with Crippen LogP contribution in [-0.4, -0.2) is 38.3 Å². The summed E-state index contributed by atoms with van der Waals surface area (Å²) in [6.45, 7) is 12.7. The first-order chi connectivity index (χ1) is 13.3. The number of fused-ring (bicyclic) bond motifs is 1. The van der Waals surface area contributed by atoms with Crippen LogP contribution >= 0.6 is 0 Å². The molecule has 0 aliphatic heterocycles. The lowest BCUT2D eigenvalue weighted by Gasteiger charge is -2.34. The Balaban J connectivity index is 2.34. The van der Waals surface area contributed by atoms with Gasteiger partial charge in [0, 0.05) is 18.0 Å². The van der Waals surface area contributed by atoms with E-state index in [0.29, 0.717) is 12.4 Å². The highest BCUT2D eigenvalue weighted by molar-refractivity contribution is 5.82. The van der Waals surface area contributed by atoms with Crippen molar-refractivity contribution in [1.29, 1.82) is 0 Å². The molecule has 1 N–H and O–H groups in total. The third-order valence-corrected chi connectivity index (χ3v) is 5.39. The minimum absolute atomic E-state index is 0.0224. The average molecular weight is 387 g/mol. The molecule has 1 aromatic heterocycles. The molecule has 0 aliphatic rings. The van der Waals surface area contributed by atoms with Crippen LogP contribution in [0.15, 0.2) is 24.3 Å². The quantitative estimate of drug-likeness (QED) is 0.714. The van der Waals surface area contributed by atoms with E-state index in [1.165, 1.54) is 0 Å². The Labute approximate surface area is 168 Å². The van der Waals surface area contributed by atoms with E-state index < -0.39 is 0 Å². The standard InChI is InChI=1S/C22H34N4O2/c1-7-16(5)26(17(6)8-2)21(27)14-25-19-12-10-9-11-18(19)24-20(25)13-23-22(28)15(3)4/h9-12,15-17H,7-8,13-14H2,1-6H3,(H,23,28). The number of hydrogen-bond donors (Lipinski definition) is 1. The number of carbonyl (C=O) groups excluding carboxylic acids is 2. The third-order valence-electron chi connectivity index (χ3n) is 5.39. The van der Waals surface area contributed by atoms with Gasteiger partial charge in [-0.1, -0.05) is 39.8 Å². The second kappa shape index (κ2) is 9.71. The predicted octanol–water partition coefficient (Wildman–Crippen LogP) is 3.73. The largest absolute Gasteiger partial charge is 0.349 e. The predicted molar refractivity (Wildman–Crippen MR) is 113 cm³/mol. The number of rotatable bonds is 9. The number of aromatic nitrogens is 2. The van der Waals surface area contributed by atoms with Crippen LogP contribution in [-0.2, 0) is 22.7 Å². The molecule has 0 radical (unpaired) electrons. The minimum Gasteiger partial charge on any atom is -0.349 e. The fraction of sp³-hybridized carbons (Fsp3) is 0.591. The summed E-state index contributed by atoms with van der Waals surface area (Å²) in [5, 5.41) is 2.92. The zero-order chi connectivity index (χ0) is 20.8. The van der Waals surface area contributed by atoms with Crippen LogP contribution in [0, 0.1) is 5.92 Å². The van der Waals surface area contributed by atoms with Crippen LogP contribution < -0.4 is 5.32 Å². The average Bonchev–Trinajstić information content (AvgIpc) is 3.03. The fourth-order valence-electron chi connectivity index (χ4n) is 3.34. The Morgan fingerprint density at radius 1 is 1.07 bits per heavy atom. The molecule has 0 saturated carbocycles. The van der Waals surface area contributed by atoms with Crippen LogP contribution in [0.5, 0.6) is 0 Å². The van der Waals surface area contributed by atoms with Gasteiger partial charge in [-0.2, -0.15) is 0 Å². The number of hydrogen-bond acceptors (Lipinski definition) is 3. The Morgan fingerprint density at radius 2 is 1.68 bits per heavy atom. The second-order valence-corrected chi connectivity index (χ2v) is 7.79. The molecule has 6 nitrogen and oxygen atoms in total. The Hall–Kier alpha value is -2.37. The Bertz CT molecular complexity index is 802. The van der Waals surface area contributed by atoms with Gasteiger partial charge in [-0.3, -0.25) is 9.59 Å². The molecular formula is C22H34N4O2. The van der Waals surface area contributed by atoms with Crippen LogP contribution in [0.2, 0.25) is 0 Å². The van der Waals surface area contributed by atoms with Gasteiger partial charge in [0.25, 0.3) is 0 Å². The zero-order valence-electron chi connectivity index (χ0n) is 18.0. The van der Waals surface area contributed by atoms with E-state index >= 15 is 0 Å². The van der Waals surface area contributed by atoms with E-state index in [4.69, 9.17) is 0 Å². The van der Waals surface area contributed by atoms with Gasteiger partial charge in [0.15, 0.2) is 0 Å². The fourth-order valence-corrected chi connectivity index (χ4v) is 3.34. The molecule has 0 bridgehead atoms. The van der Waals surface area contributed by atoms with E-state index in [1.807, 2.05) is 47.6 Å². The molecule has 0 fully saturated rings. The van der Waals surface area contributed by atoms with Crippen molar-refractivity contribution in [3.63, 3.8) is 0 Å². The van der Waals surface area contributed by atoms with Crippen LogP contribution in [0.25, 0.3) is 11.0 Å². The molecule has 1 aromatic carbocycles. The lowest BCUT2D eigenvalue weighted by atomic mass is 10.1. The molecule has 2 aromatic rings. The normalized spacial score (nSPS) is 13.5. The number of para-hydroxylation sites is 2. The van der Waals surface area contributed by atoms with Gasteiger partial charge >= 0.3 is 0 Å². The Kier molecular flexibility index (Phi) is 7.61. The molecule has 6 heteroatoms. The number of benzene rings is 1. The molecule has 1 heterocycles. The maximum Gasteiger partial charge on any atom is 0.243 e. The van der Waals surface area contributed by atoms with Crippen LogP contribution in [0.3, 0.4) is 0 Å². The molecule has 154 valence electrons. The first-order valence-corrected chi connectivity index (χ1v) is 10.3. The van der Waals surface area contributed by atoms with Crippen molar-refractivity contribution in [1.82, 2.24) is 19.8 Å². The molecule has 0 spiro atoms. The highest BCUT2D eigenvalue weighted by atomic mass is 16.2. The van der Waals surface area contributed by atoms with Crippen molar-refractivity contribution in [3.8, 4) is 0 Å². The Morgan fingerprint density at radius 3 is 2.25 bits per heavy atom. The highest BCUT2D eigenvalue weighted by Gasteiger charge is 2.25. The number of carbonyl (C=O) groups is 2. The van der Waals surface area contributed by atoms with Crippen molar-refractivity contribution in [3.05, 3.63) is 30.1 Å². The smallest absolute Gasteiger partial charge is 0.243 e. The summed E-state index contributed by atoms with van der Waals surface area (Å²) in [6.07, 6.45) is 1.83. The van der Waals surface area contributed by atoms with Gasteiger partial charge in [0.05, 0.1) is 17.6 Å². The van der Waals surface area contributed by atoms with Gasteiger partial charge in [-0.15, -0.1) is 0 Å². The lowest BCUT2D eigenvalue weighted by Crippen LogP contribution is -2.46. The van der Waals surface area contributed by atoms with Gasteiger partial charge in [-0.05, 0) is 38.8 Å². The van der Waals surface area contributed by atoms with E-state index in [2.05, 4.69) is 38.0 Å². The van der Waals surface area contributed by atoms with Gasteiger partial charge in [0.1, 0.15) is 12.4 Å². The van der Waals surface area contributed by atoms with Crippen molar-refractivity contribution in [2.24, 2.45) is 5.92 Å². The summed E-state index contributed by atoms with van der Waals surface area (Å²) in [6, 6.07) is 8.15. The maximum absolute atomic E-state index is 13.2. The summed E-state index contributed by atoms with van der Waals surface area (Å²) < 4.78 is 1.94. The van der Waals surface area contributed by atoms with E-state index in [0.717, 1.165) is 23.9 Å². The number of nitrogens with zero attached hydrogens (tertiary/aromatic N) is 3. The third kappa shape index (κ3) is 4.91. The number of amides is 2. The van der Waals surface area contributed by atoms with Gasteiger partial charge < -0.3 is 14.8 Å². The topological polar surface area (TPSA) is 67.2 Å². The van der Waals surface area contributed by atoms with E-state index in [9.17, 15) is 9.59 Å². The summed E-state index contributed by atoms with van der Waals surface area (Å²) in [5.41, 5.74) is 1.75. The summed E-state index contributed by atoms with van der Waals surface area (Å²) in [5.74, 6) is 0.677. The second-order valence-electron chi connectivity index (χ2n) is 7.79. The number of nitrogens with one attached hydrogen (secondary N) is 1. The van der Waals surface area contributed by atoms with E-state index in [1.54, 1.807) is 0 Å². The van der Waals surface area contributed by atoms with Crippen molar-refractivity contribution in [2.45, 2.75) is 79.6 Å². The van der Waals surface area contributed by atoms with Gasteiger partial charge in [0.2, 0.25) is 11.8 Å². The summed E-state index contributed by atoms with van der Waals surface area (Å²) in [7, 11) is 0. The molecule has 2 rings (SSSR count). The molecular weight excluding hydrogens is 352 g/mol. The van der Waals surface area contributed by atoms with Crippen molar-refractivity contribution in [2.75, 3.05) is 0 Å². The van der Waals surface area contributed by atoms with Crippen LogP contribution in [0.4, 0.5) is 0 Å². The van der Waals surface area contributed by atoms with Crippen molar-refractivity contribution >= 4 is 22.8 Å². The molecule has 0 saturated heterocycles. The maximum atomic E-state index is 13.2. The monoisotopic (exact) mass is 386 g/mol. The number of imidazole rings is 1.